The van der Waals surface area contributed by atoms with Crippen molar-refractivity contribution < 1.29 is 73.5 Å². The van der Waals surface area contributed by atoms with Crippen molar-refractivity contribution in [1.29, 1.82) is 0 Å². The van der Waals surface area contributed by atoms with Gasteiger partial charge in [-0.05, 0) is 63.1 Å². The minimum absolute atomic E-state index is 0.0534. The summed E-state index contributed by atoms with van der Waals surface area (Å²) in [6, 6.07) is -3.86. The van der Waals surface area contributed by atoms with Gasteiger partial charge in [-0.15, -0.1) is 0 Å². The molecule has 338 valence electrons. The molecule has 1 fully saturated rings. The highest BCUT2D eigenvalue weighted by Gasteiger charge is 2.38. The number of carboxylic acids is 3. The maximum atomic E-state index is 13.6. The van der Waals surface area contributed by atoms with Gasteiger partial charge in [0.25, 0.3) is 0 Å². The number of amides is 7. The van der Waals surface area contributed by atoms with E-state index in [4.69, 9.17) is 10.8 Å². The number of aliphatic hydroxyl groups is 1. The van der Waals surface area contributed by atoms with Gasteiger partial charge in [0.05, 0.1) is 18.7 Å². The average molecular weight is 865 g/mol. The maximum Gasteiger partial charge on any atom is 0.326 e. The van der Waals surface area contributed by atoms with Gasteiger partial charge in [-0.1, -0.05) is 26.0 Å². The Bertz CT molecular complexity index is 1770. The molecule has 7 amide bonds. The Kier molecular flexibility index (Phi) is 20.0. The molecule has 61 heavy (non-hydrogen) atoms. The van der Waals surface area contributed by atoms with Crippen molar-refractivity contribution in [3.05, 3.63) is 29.8 Å². The fourth-order valence-corrected chi connectivity index (χ4v) is 6.18. The molecule has 1 aliphatic rings. The van der Waals surface area contributed by atoms with Crippen LogP contribution < -0.4 is 37.6 Å². The van der Waals surface area contributed by atoms with Gasteiger partial charge < -0.3 is 68.1 Å². The number of phenolic OH excluding ortho intramolecular Hbond substituents is 1. The van der Waals surface area contributed by atoms with Crippen molar-refractivity contribution in [2.75, 3.05) is 13.1 Å². The van der Waals surface area contributed by atoms with Crippen molar-refractivity contribution in [3.8, 4) is 5.75 Å². The van der Waals surface area contributed by atoms with Crippen molar-refractivity contribution in [3.63, 3.8) is 0 Å². The number of nitrogens with two attached hydrogens (primary N) is 1. The summed E-state index contributed by atoms with van der Waals surface area (Å²) in [4.78, 5) is 127. The van der Waals surface area contributed by atoms with E-state index in [2.05, 4.69) is 31.9 Å². The van der Waals surface area contributed by atoms with E-state index in [0.717, 1.165) is 6.92 Å². The van der Waals surface area contributed by atoms with E-state index >= 15 is 0 Å². The molecule has 13 N–H and O–H groups in total. The van der Waals surface area contributed by atoms with Gasteiger partial charge in [0.15, 0.2) is 0 Å². The second-order valence-electron chi connectivity index (χ2n) is 15.0. The first-order valence-electron chi connectivity index (χ1n) is 19.5. The molecule has 0 unspecified atom stereocenters. The first-order chi connectivity index (χ1) is 28.5. The molecule has 1 heterocycles. The fraction of sp³-hybridized carbons (Fsp3) is 0.579. The lowest BCUT2D eigenvalue weighted by Gasteiger charge is -2.28. The molecule has 0 bridgehead atoms. The number of hydrogen-bond acceptors (Lipinski definition) is 13. The van der Waals surface area contributed by atoms with Gasteiger partial charge in [-0.25, -0.2) is 4.79 Å². The summed E-state index contributed by atoms with van der Waals surface area (Å²) in [5.41, 5.74) is 6.34. The van der Waals surface area contributed by atoms with Crippen LogP contribution in [0.2, 0.25) is 0 Å². The number of aliphatic carboxylic acids is 3. The Balaban J connectivity index is 2.11. The topological polar surface area (TPSA) is 373 Å². The number of nitrogens with zero attached hydrogens (tertiary/aromatic N) is 1. The van der Waals surface area contributed by atoms with Crippen LogP contribution in [0, 0.1) is 5.92 Å². The molecule has 1 saturated heterocycles. The minimum Gasteiger partial charge on any atom is -0.508 e. The van der Waals surface area contributed by atoms with Gasteiger partial charge in [0.2, 0.25) is 41.4 Å². The standard InChI is InChI=1S/C38H56N8O15/c1-18(2)30(38(60)61)44-36(58)31(20(4)47)45-33(55)24(12-14-29(52)53)42-27(49)17-40-35(57)26-6-5-15-46(26)37(59)19(3)41-34(56)25(16-21-7-9-22(48)10-8-21)43-32(54)23(39)11-13-28(50)51/h7-10,18-20,23-26,30-31,47-48H,5-6,11-17,39H2,1-4H3,(H,40,57)(H,41,56)(H,42,49)(H,43,54)(H,44,58)(H,45,55)(H,50,51)(H,52,53)(H,60,61)/t19-,20+,23-,24-,25-,26-,30-,31-/m0/s1. The molecular weight excluding hydrogens is 808 g/mol. The quantitative estimate of drug-likeness (QED) is 0.0483. The zero-order valence-corrected chi connectivity index (χ0v) is 34.2. The van der Waals surface area contributed by atoms with Gasteiger partial charge in [0, 0.05) is 25.8 Å². The van der Waals surface area contributed by atoms with Gasteiger partial charge >= 0.3 is 17.9 Å². The number of hydrogen-bond donors (Lipinski definition) is 12. The SMILES string of the molecule is CC(C)[C@H](NC(=O)[C@@H](NC(=O)[C@H](CCC(=O)O)NC(=O)CNC(=O)[C@@H]1CCCN1C(=O)[C@H](C)NC(=O)[C@H](Cc1ccc(O)cc1)NC(=O)[C@@H](N)CCC(=O)O)[C@@H](C)O)C(=O)O. The van der Waals surface area contributed by atoms with Crippen LogP contribution >= 0.6 is 0 Å². The molecule has 0 aliphatic carbocycles. The second-order valence-corrected chi connectivity index (χ2v) is 15.0. The summed E-state index contributed by atoms with van der Waals surface area (Å²) in [5, 5.41) is 61.5. The Morgan fingerprint density at radius 1 is 0.738 bits per heavy atom. The predicted molar refractivity (Wildman–Crippen MR) is 211 cm³/mol. The van der Waals surface area contributed by atoms with Crippen LogP contribution in [0.5, 0.6) is 5.75 Å². The number of benzene rings is 1. The zero-order valence-electron chi connectivity index (χ0n) is 34.2. The molecule has 1 aromatic rings. The number of phenols is 1. The molecule has 8 atom stereocenters. The van der Waals surface area contributed by atoms with Crippen molar-refractivity contribution >= 4 is 59.3 Å². The number of aromatic hydroxyl groups is 1. The highest BCUT2D eigenvalue weighted by atomic mass is 16.4. The number of carbonyl (C=O) groups is 10. The molecule has 2 rings (SSSR count). The number of likely N-dealkylation sites (tertiary alicyclic amines) is 1. The average Bonchev–Trinajstić information content (AvgIpc) is 3.68. The summed E-state index contributed by atoms with van der Waals surface area (Å²) in [6.07, 6.45) is -2.86. The number of carboxylic acid groups (broad SMARTS) is 3. The fourth-order valence-electron chi connectivity index (χ4n) is 6.18. The maximum absolute atomic E-state index is 13.6. The third kappa shape index (κ3) is 16.7. The van der Waals surface area contributed by atoms with Crippen LogP contribution in [0.1, 0.15) is 71.8 Å². The van der Waals surface area contributed by atoms with Crippen molar-refractivity contribution in [1.82, 2.24) is 36.8 Å². The highest BCUT2D eigenvalue weighted by molar-refractivity contribution is 5.97. The molecule has 0 aromatic heterocycles. The van der Waals surface area contributed by atoms with E-state index in [1.165, 1.54) is 49.9 Å². The Morgan fingerprint density at radius 3 is 1.87 bits per heavy atom. The largest absolute Gasteiger partial charge is 0.508 e. The van der Waals surface area contributed by atoms with Crippen LogP contribution in [0.25, 0.3) is 0 Å². The van der Waals surface area contributed by atoms with E-state index < -0.39 is 139 Å². The van der Waals surface area contributed by atoms with Gasteiger partial charge in [-0.2, -0.15) is 0 Å². The van der Waals surface area contributed by atoms with E-state index in [1.54, 1.807) is 0 Å². The Labute approximate surface area is 350 Å². The Morgan fingerprint density at radius 2 is 1.31 bits per heavy atom. The summed E-state index contributed by atoms with van der Waals surface area (Å²) in [7, 11) is 0. The highest BCUT2D eigenvalue weighted by Crippen LogP contribution is 2.19. The lowest BCUT2D eigenvalue weighted by molar-refractivity contribution is -0.144. The second kappa shape index (κ2) is 24.0. The molecule has 1 aromatic carbocycles. The number of aliphatic hydroxyl groups excluding tert-OH is 1. The Hall–Kier alpha value is -6.36. The molecule has 23 nitrogen and oxygen atoms in total. The van der Waals surface area contributed by atoms with E-state index in [-0.39, 0.29) is 31.6 Å². The molecule has 0 spiro atoms. The molecule has 23 heteroatoms. The third-order valence-electron chi connectivity index (χ3n) is 9.60. The summed E-state index contributed by atoms with van der Waals surface area (Å²) < 4.78 is 0. The molecule has 0 saturated carbocycles. The van der Waals surface area contributed by atoms with Crippen LogP contribution in [-0.4, -0.2) is 151 Å². The van der Waals surface area contributed by atoms with Crippen LogP contribution in [-0.2, 0) is 54.4 Å². The zero-order chi connectivity index (χ0) is 46.1. The van der Waals surface area contributed by atoms with E-state index in [1.807, 2.05) is 0 Å². The monoisotopic (exact) mass is 864 g/mol. The van der Waals surface area contributed by atoms with E-state index in [0.29, 0.717) is 12.0 Å². The van der Waals surface area contributed by atoms with E-state index in [9.17, 15) is 68.4 Å². The number of nitrogens with one attached hydrogen (secondary N) is 6. The van der Waals surface area contributed by atoms with Crippen LogP contribution in [0.4, 0.5) is 0 Å². The van der Waals surface area contributed by atoms with Gasteiger partial charge in [-0.3, -0.25) is 43.2 Å². The summed E-state index contributed by atoms with van der Waals surface area (Å²) >= 11 is 0. The third-order valence-corrected chi connectivity index (χ3v) is 9.60. The number of carbonyl (C=O) groups excluding carboxylic acids is 7. The first kappa shape index (κ1) is 50.8. The molecule has 1 aliphatic heterocycles. The predicted octanol–water partition coefficient (Wildman–Crippen LogP) is -3.34. The first-order valence-corrected chi connectivity index (χ1v) is 19.5. The van der Waals surface area contributed by atoms with Crippen LogP contribution in [0.15, 0.2) is 24.3 Å². The van der Waals surface area contributed by atoms with Crippen molar-refractivity contribution in [2.24, 2.45) is 11.7 Å². The number of rotatable bonds is 24. The normalized spacial score (nSPS) is 17.0. The summed E-state index contributed by atoms with van der Waals surface area (Å²) in [6.45, 7) is 4.87. The molecular formula is C38H56N8O15. The summed E-state index contributed by atoms with van der Waals surface area (Å²) in [5.74, 6) is -10.7. The smallest absolute Gasteiger partial charge is 0.326 e. The lowest BCUT2D eigenvalue weighted by Crippen LogP contribution is -2.60. The minimum atomic E-state index is -1.70. The van der Waals surface area contributed by atoms with Gasteiger partial charge in [0.1, 0.15) is 42.0 Å². The molecule has 0 radical (unpaired) electrons. The lowest BCUT2D eigenvalue weighted by atomic mass is 10.0. The van der Waals surface area contributed by atoms with Crippen LogP contribution in [0.3, 0.4) is 0 Å². The van der Waals surface area contributed by atoms with Crippen molar-refractivity contribution in [2.45, 2.75) is 121 Å².